The van der Waals surface area contributed by atoms with Crippen LogP contribution >= 0.6 is 31.9 Å². The molecule has 2 rings (SSSR count). The van der Waals surface area contributed by atoms with E-state index in [0.717, 1.165) is 39.2 Å². The second kappa shape index (κ2) is 7.77. The summed E-state index contributed by atoms with van der Waals surface area (Å²) in [5.74, 6) is 1.68. The van der Waals surface area contributed by atoms with Crippen LogP contribution in [0.5, 0.6) is 5.75 Å². The molecule has 0 radical (unpaired) electrons. The molecule has 21 heavy (non-hydrogen) atoms. The number of hydrogen-bond acceptors (Lipinski definition) is 4. The number of hydrogen-bond donors (Lipinski definition) is 1. The molecule has 0 saturated heterocycles. The monoisotopic (exact) mass is 413 g/mol. The van der Waals surface area contributed by atoms with E-state index in [-0.39, 0.29) is 0 Å². The van der Waals surface area contributed by atoms with Crippen molar-refractivity contribution in [2.24, 2.45) is 5.73 Å². The first-order valence-electron chi connectivity index (χ1n) is 6.58. The van der Waals surface area contributed by atoms with Gasteiger partial charge in [-0.2, -0.15) is 0 Å². The lowest BCUT2D eigenvalue weighted by atomic mass is 10.2. The maximum Gasteiger partial charge on any atom is 0.147 e. The Bertz CT molecular complexity index is 607. The molecule has 0 saturated carbocycles. The van der Waals surface area contributed by atoms with Crippen LogP contribution in [0.4, 0.5) is 11.5 Å². The second-order valence-corrected chi connectivity index (χ2v) is 6.22. The standard InChI is InChI=1S/C15H17Br2N3O/c1-21-13-5-2-4-12(9-13)20(7-3-6-18)15-14(17)8-11(16)10-19-15/h2,4-5,8-10H,3,6-7,18H2,1H3. The molecular weight excluding hydrogens is 398 g/mol. The number of rotatable bonds is 6. The molecule has 6 heteroatoms. The van der Waals surface area contributed by atoms with Gasteiger partial charge in [-0.05, 0) is 63.0 Å². The van der Waals surface area contributed by atoms with Gasteiger partial charge in [0.2, 0.25) is 0 Å². The highest BCUT2D eigenvalue weighted by atomic mass is 79.9. The molecule has 0 amide bonds. The fourth-order valence-corrected chi connectivity index (χ4v) is 3.19. The summed E-state index contributed by atoms with van der Waals surface area (Å²) in [6.07, 6.45) is 2.66. The van der Waals surface area contributed by atoms with Gasteiger partial charge in [0.15, 0.2) is 0 Å². The predicted octanol–water partition coefficient (Wildman–Crippen LogP) is 4.10. The van der Waals surface area contributed by atoms with Gasteiger partial charge in [0.1, 0.15) is 11.6 Å². The average Bonchev–Trinajstić information content (AvgIpc) is 2.49. The summed E-state index contributed by atoms with van der Waals surface area (Å²) in [4.78, 5) is 6.64. The van der Waals surface area contributed by atoms with Crippen LogP contribution in [0.1, 0.15) is 6.42 Å². The van der Waals surface area contributed by atoms with Crippen LogP contribution in [0.25, 0.3) is 0 Å². The van der Waals surface area contributed by atoms with Crippen LogP contribution in [0.3, 0.4) is 0 Å². The van der Waals surface area contributed by atoms with Gasteiger partial charge in [0, 0.05) is 29.0 Å². The zero-order valence-corrected chi connectivity index (χ0v) is 14.9. The maximum atomic E-state index is 5.66. The molecular formula is C15H17Br2N3O. The van der Waals surface area contributed by atoms with E-state index in [1.807, 2.05) is 30.3 Å². The van der Waals surface area contributed by atoms with Crippen LogP contribution in [-0.4, -0.2) is 25.2 Å². The van der Waals surface area contributed by atoms with Crippen LogP contribution in [0.15, 0.2) is 45.5 Å². The van der Waals surface area contributed by atoms with E-state index in [4.69, 9.17) is 10.5 Å². The summed E-state index contributed by atoms with van der Waals surface area (Å²) >= 11 is 7.00. The largest absolute Gasteiger partial charge is 0.497 e. The summed E-state index contributed by atoms with van der Waals surface area (Å²) in [5.41, 5.74) is 6.69. The molecule has 0 spiro atoms. The highest BCUT2D eigenvalue weighted by Crippen LogP contribution is 2.33. The van der Waals surface area contributed by atoms with Crippen LogP contribution < -0.4 is 15.4 Å². The number of nitrogens with two attached hydrogens (primary N) is 1. The smallest absolute Gasteiger partial charge is 0.147 e. The molecule has 0 unspecified atom stereocenters. The fourth-order valence-electron chi connectivity index (χ4n) is 1.99. The number of benzene rings is 1. The lowest BCUT2D eigenvalue weighted by Gasteiger charge is -2.25. The molecule has 1 heterocycles. The minimum atomic E-state index is 0.634. The van der Waals surface area contributed by atoms with E-state index in [9.17, 15) is 0 Å². The van der Waals surface area contributed by atoms with Gasteiger partial charge in [0.05, 0.1) is 11.6 Å². The minimum Gasteiger partial charge on any atom is -0.497 e. The Morgan fingerprint density at radius 3 is 2.76 bits per heavy atom. The third kappa shape index (κ3) is 4.18. The first kappa shape index (κ1) is 16.3. The van der Waals surface area contributed by atoms with Crippen molar-refractivity contribution in [3.8, 4) is 5.75 Å². The van der Waals surface area contributed by atoms with Gasteiger partial charge in [0.25, 0.3) is 0 Å². The SMILES string of the molecule is COc1cccc(N(CCCN)c2ncc(Br)cc2Br)c1. The van der Waals surface area contributed by atoms with Gasteiger partial charge in [-0.3, -0.25) is 0 Å². The molecule has 0 aliphatic carbocycles. The highest BCUT2D eigenvalue weighted by molar-refractivity contribution is 9.11. The molecule has 4 nitrogen and oxygen atoms in total. The normalized spacial score (nSPS) is 10.5. The fraction of sp³-hybridized carbons (Fsp3) is 0.267. The van der Waals surface area contributed by atoms with Crippen molar-refractivity contribution in [1.29, 1.82) is 0 Å². The van der Waals surface area contributed by atoms with Crippen molar-refractivity contribution in [2.75, 3.05) is 25.1 Å². The first-order chi connectivity index (χ1) is 10.2. The van der Waals surface area contributed by atoms with Crippen LogP contribution in [-0.2, 0) is 0 Å². The predicted molar refractivity (Wildman–Crippen MR) is 93.3 cm³/mol. The zero-order chi connectivity index (χ0) is 15.2. The molecule has 0 aliphatic rings. The third-order valence-electron chi connectivity index (χ3n) is 2.99. The lowest BCUT2D eigenvalue weighted by Crippen LogP contribution is -2.22. The molecule has 1 aromatic carbocycles. The van der Waals surface area contributed by atoms with Gasteiger partial charge < -0.3 is 15.4 Å². The zero-order valence-electron chi connectivity index (χ0n) is 11.7. The van der Waals surface area contributed by atoms with E-state index >= 15 is 0 Å². The van der Waals surface area contributed by atoms with Crippen molar-refractivity contribution in [3.63, 3.8) is 0 Å². The minimum absolute atomic E-state index is 0.634. The van der Waals surface area contributed by atoms with E-state index in [1.54, 1.807) is 13.3 Å². The summed E-state index contributed by atoms with van der Waals surface area (Å²) in [5, 5.41) is 0. The summed E-state index contributed by atoms with van der Waals surface area (Å²) in [6, 6.07) is 9.91. The molecule has 2 aromatic rings. The van der Waals surface area contributed by atoms with Gasteiger partial charge in [-0.15, -0.1) is 0 Å². The van der Waals surface area contributed by atoms with Crippen molar-refractivity contribution in [3.05, 3.63) is 45.5 Å². The van der Waals surface area contributed by atoms with Gasteiger partial charge in [-0.1, -0.05) is 6.07 Å². The first-order valence-corrected chi connectivity index (χ1v) is 8.17. The lowest BCUT2D eigenvalue weighted by molar-refractivity contribution is 0.415. The van der Waals surface area contributed by atoms with Crippen LogP contribution in [0.2, 0.25) is 0 Å². The Morgan fingerprint density at radius 1 is 1.29 bits per heavy atom. The maximum absolute atomic E-state index is 5.66. The Kier molecular flexibility index (Phi) is 6.02. The van der Waals surface area contributed by atoms with Crippen molar-refractivity contribution in [2.45, 2.75) is 6.42 Å². The Labute approximate surface area is 141 Å². The number of methoxy groups -OCH3 is 1. The number of aromatic nitrogens is 1. The quantitative estimate of drug-likeness (QED) is 0.772. The summed E-state index contributed by atoms with van der Waals surface area (Å²) in [7, 11) is 1.66. The van der Waals surface area contributed by atoms with E-state index in [0.29, 0.717) is 6.54 Å². The van der Waals surface area contributed by atoms with Gasteiger partial charge >= 0.3 is 0 Å². The average molecular weight is 415 g/mol. The third-order valence-corrected chi connectivity index (χ3v) is 4.01. The topological polar surface area (TPSA) is 51.4 Å². The molecule has 1 aromatic heterocycles. The molecule has 112 valence electrons. The molecule has 2 N–H and O–H groups in total. The van der Waals surface area contributed by atoms with E-state index < -0.39 is 0 Å². The van der Waals surface area contributed by atoms with E-state index in [1.165, 1.54) is 0 Å². The number of halogens is 2. The second-order valence-electron chi connectivity index (χ2n) is 4.45. The Balaban J connectivity index is 2.41. The Morgan fingerprint density at radius 2 is 2.10 bits per heavy atom. The summed E-state index contributed by atoms with van der Waals surface area (Å²) in [6.45, 7) is 1.42. The summed E-state index contributed by atoms with van der Waals surface area (Å²) < 4.78 is 7.16. The number of nitrogens with zero attached hydrogens (tertiary/aromatic N) is 2. The van der Waals surface area contributed by atoms with Crippen molar-refractivity contribution in [1.82, 2.24) is 4.98 Å². The highest BCUT2D eigenvalue weighted by Gasteiger charge is 2.14. The van der Waals surface area contributed by atoms with Crippen molar-refractivity contribution < 1.29 is 4.74 Å². The molecule has 0 fully saturated rings. The van der Waals surface area contributed by atoms with Crippen molar-refractivity contribution >= 4 is 43.4 Å². The number of anilines is 2. The van der Waals surface area contributed by atoms with E-state index in [2.05, 4.69) is 41.7 Å². The Hall–Kier alpha value is -1.11. The number of pyridine rings is 1. The number of ether oxygens (including phenoxy) is 1. The molecule has 0 bridgehead atoms. The molecule has 0 atom stereocenters. The van der Waals surface area contributed by atoms with Gasteiger partial charge in [-0.25, -0.2) is 4.98 Å². The molecule has 0 aliphatic heterocycles. The van der Waals surface area contributed by atoms with Crippen LogP contribution in [0, 0.1) is 0 Å².